The molecule has 1 N–H and O–H groups in total. The number of rotatable bonds is 14. The van der Waals surface area contributed by atoms with Crippen molar-refractivity contribution in [1.82, 2.24) is 5.32 Å². The van der Waals surface area contributed by atoms with Crippen LogP contribution in [0, 0.1) is 11.6 Å². The molecule has 43 heavy (non-hydrogen) atoms. The molecule has 1 fully saturated rings. The summed E-state index contributed by atoms with van der Waals surface area (Å²) in [6, 6.07) is 17.2. The Bertz CT molecular complexity index is 1360. The van der Waals surface area contributed by atoms with E-state index in [9.17, 15) is 13.6 Å². The molecule has 1 saturated heterocycles. The molecule has 0 radical (unpaired) electrons. The van der Waals surface area contributed by atoms with Gasteiger partial charge in [-0.25, -0.2) is 8.78 Å². The smallest absolute Gasteiger partial charge is 0.265 e. The van der Waals surface area contributed by atoms with E-state index in [0.29, 0.717) is 38.5 Å². The fraction of sp³-hybridized carbons (Fsp3) is 0.424. The number of methoxy groups -OCH3 is 1. The Morgan fingerprint density at radius 1 is 0.977 bits per heavy atom. The van der Waals surface area contributed by atoms with Crippen LogP contribution in [-0.4, -0.2) is 65.2 Å². The van der Waals surface area contributed by atoms with E-state index in [1.807, 2.05) is 30.3 Å². The van der Waals surface area contributed by atoms with Gasteiger partial charge in [0.25, 0.3) is 5.91 Å². The van der Waals surface area contributed by atoms with E-state index in [1.54, 1.807) is 12.0 Å². The molecule has 0 spiro atoms. The zero-order chi connectivity index (χ0) is 30.0. The molecule has 3 aromatic carbocycles. The van der Waals surface area contributed by atoms with Crippen LogP contribution >= 0.6 is 0 Å². The first kappa shape index (κ1) is 30.7. The van der Waals surface area contributed by atoms with Crippen molar-refractivity contribution in [2.75, 3.05) is 58.1 Å². The second-order valence-electron chi connectivity index (χ2n) is 10.6. The number of amides is 1. The normalized spacial score (nSPS) is 18.2. The number of carbonyl (C=O) groups is 1. The molecular formula is C33H38F2N2O6. The van der Waals surface area contributed by atoms with Crippen LogP contribution in [-0.2, 0) is 20.9 Å². The van der Waals surface area contributed by atoms with E-state index < -0.39 is 11.6 Å². The number of halogens is 2. The topological polar surface area (TPSA) is 78.5 Å². The van der Waals surface area contributed by atoms with E-state index in [4.69, 9.17) is 23.7 Å². The van der Waals surface area contributed by atoms with Crippen molar-refractivity contribution in [3.63, 3.8) is 0 Å². The van der Waals surface area contributed by atoms with Gasteiger partial charge in [-0.15, -0.1) is 0 Å². The fourth-order valence-corrected chi connectivity index (χ4v) is 5.37. The molecule has 2 atom stereocenters. The van der Waals surface area contributed by atoms with Gasteiger partial charge in [0, 0.05) is 45.2 Å². The molecule has 2 aliphatic rings. The van der Waals surface area contributed by atoms with Crippen LogP contribution in [0.3, 0.4) is 0 Å². The number of anilines is 1. The van der Waals surface area contributed by atoms with Crippen molar-refractivity contribution in [3.05, 3.63) is 83.4 Å². The van der Waals surface area contributed by atoms with Gasteiger partial charge in [0.2, 0.25) is 0 Å². The van der Waals surface area contributed by atoms with E-state index >= 15 is 0 Å². The Morgan fingerprint density at radius 3 is 2.63 bits per heavy atom. The predicted molar refractivity (Wildman–Crippen MR) is 158 cm³/mol. The van der Waals surface area contributed by atoms with E-state index in [0.717, 1.165) is 49.0 Å². The highest BCUT2D eigenvalue weighted by atomic mass is 19.1. The summed E-state index contributed by atoms with van der Waals surface area (Å²) in [5.74, 6) is 0.287. The van der Waals surface area contributed by atoms with E-state index in [2.05, 4.69) is 17.4 Å². The summed E-state index contributed by atoms with van der Waals surface area (Å²) in [6.07, 6.45) is 2.23. The Hall–Kier alpha value is -3.73. The summed E-state index contributed by atoms with van der Waals surface area (Å²) in [6.45, 7) is 3.94. The minimum atomic E-state index is -0.717. The quantitative estimate of drug-likeness (QED) is 0.255. The number of nitrogens with zero attached hydrogens (tertiary/aromatic N) is 1. The van der Waals surface area contributed by atoms with Gasteiger partial charge in [-0.1, -0.05) is 18.2 Å². The second kappa shape index (κ2) is 15.1. The lowest BCUT2D eigenvalue weighted by Gasteiger charge is -2.33. The van der Waals surface area contributed by atoms with Crippen molar-refractivity contribution in [1.29, 1.82) is 0 Å². The average Bonchev–Trinajstić information content (AvgIpc) is 3.02. The number of piperidine rings is 1. The molecule has 0 bridgehead atoms. The molecule has 10 heteroatoms. The van der Waals surface area contributed by atoms with Gasteiger partial charge in [0.05, 0.1) is 31.6 Å². The summed E-state index contributed by atoms with van der Waals surface area (Å²) in [4.78, 5) is 14.3. The number of carbonyl (C=O) groups excluding carboxylic acids is 1. The predicted octanol–water partition coefficient (Wildman–Crippen LogP) is 5.24. The van der Waals surface area contributed by atoms with Crippen LogP contribution < -0.4 is 24.4 Å². The van der Waals surface area contributed by atoms with Crippen LogP contribution in [0.2, 0.25) is 0 Å². The highest BCUT2D eigenvalue weighted by molar-refractivity contribution is 5.97. The van der Waals surface area contributed by atoms with Gasteiger partial charge in [0.1, 0.15) is 17.3 Å². The van der Waals surface area contributed by atoms with Gasteiger partial charge >= 0.3 is 0 Å². The lowest BCUT2D eigenvalue weighted by Crippen LogP contribution is -2.41. The monoisotopic (exact) mass is 596 g/mol. The minimum absolute atomic E-state index is 0.0174. The lowest BCUT2D eigenvalue weighted by molar-refractivity contribution is -0.121. The minimum Gasteiger partial charge on any atom is -0.493 e. The molecular weight excluding hydrogens is 558 g/mol. The SMILES string of the molecule is COCCCN1C(=O)COc2ccc(COC3CNCCC3c3ccc(OCCCOc4ccc(F)cc4F)cc3)cc21. The summed E-state index contributed by atoms with van der Waals surface area (Å²) in [5, 5.41) is 3.44. The number of hydrogen-bond donors (Lipinski definition) is 1. The maximum atomic E-state index is 13.7. The van der Waals surface area contributed by atoms with Crippen molar-refractivity contribution in [3.8, 4) is 17.2 Å². The lowest BCUT2D eigenvalue weighted by atomic mass is 9.87. The van der Waals surface area contributed by atoms with Crippen LogP contribution in [0.25, 0.3) is 0 Å². The van der Waals surface area contributed by atoms with Crippen LogP contribution in [0.5, 0.6) is 17.2 Å². The molecule has 0 saturated carbocycles. The van der Waals surface area contributed by atoms with Gasteiger partial charge in [-0.2, -0.15) is 0 Å². The summed E-state index contributed by atoms with van der Waals surface area (Å²) in [5.41, 5.74) is 2.94. The third-order valence-corrected chi connectivity index (χ3v) is 7.60. The third kappa shape index (κ3) is 8.22. The second-order valence-corrected chi connectivity index (χ2v) is 10.6. The molecule has 2 aliphatic heterocycles. The van der Waals surface area contributed by atoms with Crippen molar-refractivity contribution in [2.24, 2.45) is 0 Å². The first-order chi connectivity index (χ1) is 21.0. The van der Waals surface area contributed by atoms with Crippen LogP contribution in [0.4, 0.5) is 14.5 Å². The summed E-state index contributed by atoms with van der Waals surface area (Å²) in [7, 11) is 1.66. The van der Waals surface area contributed by atoms with Crippen molar-refractivity contribution >= 4 is 11.6 Å². The van der Waals surface area contributed by atoms with Crippen molar-refractivity contribution in [2.45, 2.75) is 37.9 Å². The Kier molecular flexibility index (Phi) is 10.8. The highest BCUT2D eigenvalue weighted by Gasteiger charge is 2.28. The first-order valence-electron chi connectivity index (χ1n) is 14.7. The van der Waals surface area contributed by atoms with Gasteiger partial charge in [0.15, 0.2) is 18.2 Å². The van der Waals surface area contributed by atoms with Crippen LogP contribution in [0.1, 0.15) is 36.3 Å². The first-order valence-corrected chi connectivity index (χ1v) is 14.7. The largest absolute Gasteiger partial charge is 0.493 e. The maximum absolute atomic E-state index is 13.7. The van der Waals surface area contributed by atoms with Crippen LogP contribution in [0.15, 0.2) is 60.7 Å². The molecule has 3 aromatic rings. The zero-order valence-corrected chi connectivity index (χ0v) is 24.4. The molecule has 0 aliphatic carbocycles. The molecule has 8 nitrogen and oxygen atoms in total. The maximum Gasteiger partial charge on any atom is 0.265 e. The number of fused-ring (bicyclic) bond motifs is 1. The molecule has 2 unspecified atom stereocenters. The van der Waals surface area contributed by atoms with Gasteiger partial charge in [-0.3, -0.25) is 4.79 Å². The number of hydrogen-bond acceptors (Lipinski definition) is 7. The van der Waals surface area contributed by atoms with Crippen molar-refractivity contribution < 1.29 is 37.3 Å². The standard InChI is InChI=1S/C33H38F2N2O6/c1-39-15-2-14-37-29-18-23(4-10-31(29)43-22-33(37)38)21-42-32-20-36-13-12-27(32)24-5-8-26(9-6-24)40-16-3-17-41-30-11-7-25(34)19-28(30)35/h4-11,18-19,27,32,36H,2-3,12-17,20-22H2,1H3. The molecule has 230 valence electrons. The molecule has 5 rings (SSSR count). The average molecular weight is 597 g/mol. The van der Waals surface area contributed by atoms with Gasteiger partial charge < -0.3 is 33.9 Å². The fourth-order valence-electron chi connectivity index (χ4n) is 5.37. The summed E-state index contributed by atoms with van der Waals surface area (Å²) >= 11 is 0. The zero-order valence-electron chi connectivity index (χ0n) is 24.4. The van der Waals surface area contributed by atoms with Gasteiger partial charge in [-0.05, 0) is 66.9 Å². The Labute approximate surface area is 250 Å². The third-order valence-electron chi connectivity index (χ3n) is 7.60. The Balaban J connectivity index is 1.12. The highest BCUT2D eigenvalue weighted by Crippen LogP contribution is 2.34. The van der Waals surface area contributed by atoms with E-state index in [-0.39, 0.29) is 36.9 Å². The Morgan fingerprint density at radius 2 is 1.81 bits per heavy atom. The van der Waals surface area contributed by atoms with E-state index in [1.165, 1.54) is 17.7 Å². The molecule has 0 aromatic heterocycles. The number of benzene rings is 3. The number of ether oxygens (including phenoxy) is 5. The number of nitrogens with one attached hydrogen (secondary N) is 1. The summed E-state index contributed by atoms with van der Waals surface area (Å²) < 4.78 is 55.2. The molecule has 2 heterocycles. The molecule has 1 amide bonds.